The molecule has 4 aromatic rings. The summed E-state index contributed by atoms with van der Waals surface area (Å²) in [7, 11) is 1.69. The summed E-state index contributed by atoms with van der Waals surface area (Å²) in [6.45, 7) is 2.03. The van der Waals surface area contributed by atoms with Gasteiger partial charge in [0.1, 0.15) is 0 Å². The Morgan fingerprint density at radius 2 is 1.67 bits per heavy atom. The fraction of sp³-hybridized carbons (Fsp3) is 0.125. The number of imidazole rings is 1. The third kappa shape index (κ3) is 3.55. The number of nitrogens with zero attached hydrogens (tertiary/aromatic N) is 3. The number of benzene rings is 2. The van der Waals surface area contributed by atoms with Crippen LogP contribution in [0.15, 0.2) is 79.0 Å². The van der Waals surface area contributed by atoms with Crippen molar-refractivity contribution in [2.45, 2.75) is 13.3 Å². The van der Waals surface area contributed by atoms with Gasteiger partial charge in [-0.2, -0.15) is 0 Å². The van der Waals surface area contributed by atoms with Crippen LogP contribution in [0, 0.1) is 0 Å². The number of para-hydroxylation sites is 2. The topological polar surface area (TPSA) is 66.7 Å². The maximum atomic E-state index is 13.2. The van der Waals surface area contributed by atoms with Crippen LogP contribution in [-0.2, 0) is 6.42 Å². The quantitative estimate of drug-likeness (QED) is 0.541. The van der Waals surface area contributed by atoms with Crippen LogP contribution < -0.4 is 10.2 Å². The predicted octanol–water partition coefficient (Wildman–Crippen LogP) is 4.43. The molecular weight excluding hydrogens is 376 g/mol. The number of carbonyl (C=O) groups is 2. The predicted molar refractivity (Wildman–Crippen MR) is 118 cm³/mol. The molecule has 6 heteroatoms. The van der Waals surface area contributed by atoms with Crippen LogP contribution in [0.4, 0.5) is 11.4 Å². The maximum Gasteiger partial charge on any atom is 0.294 e. The molecule has 6 nitrogen and oxygen atoms in total. The van der Waals surface area contributed by atoms with E-state index in [4.69, 9.17) is 0 Å². The SMILES string of the molecule is CCc1ccccc1NC(=O)c1nc(C(=O)N(C)c2ccccc2)n2ccccc12. The van der Waals surface area contributed by atoms with E-state index < -0.39 is 0 Å². The second kappa shape index (κ2) is 8.21. The van der Waals surface area contributed by atoms with E-state index in [0.717, 1.165) is 23.4 Å². The van der Waals surface area contributed by atoms with E-state index in [1.54, 1.807) is 23.7 Å². The van der Waals surface area contributed by atoms with Crippen LogP contribution in [0.3, 0.4) is 0 Å². The van der Waals surface area contributed by atoms with Crippen LogP contribution in [-0.4, -0.2) is 28.2 Å². The molecule has 0 saturated heterocycles. The van der Waals surface area contributed by atoms with E-state index in [1.807, 2.05) is 73.7 Å². The molecule has 0 aliphatic heterocycles. The Kier molecular flexibility index (Phi) is 5.30. The van der Waals surface area contributed by atoms with Gasteiger partial charge in [-0.15, -0.1) is 0 Å². The van der Waals surface area contributed by atoms with Gasteiger partial charge in [0.05, 0.1) is 5.52 Å². The van der Waals surface area contributed by atoms with Gasteiger partial charge in [0.2, 0.25) is 5.82 Å². The zero-order valence-corrected chi connectivity index (χ0v) is 16.9. The van der Waals surface area contributed by atoms with Crippen molar-refractivity contribution in [3.8, 4) is 0 Å². The van der Waals surface area contributed by atoms with Crippen molar-refractivity contribution in [2.75, 3.05) is 17.3 Å². The minimum Gasteiger partial charge on any atom is -0.320 e. The Hall–Kier alpha value is -3.93. The Morgan fingerprint density at radius 1 is 0.967 bits per heavy atom. The van der Waals surface area contributed by atoms with Crippen molar-refractivity contribution in [3.05, 3.63) is 96.1 Å². The maximum absolute atomic E-state index is 13.2. The third-order valence-electron chi connectivity index (χ3n) is 5.05. The fourth-order valence-electron chi connectivity index (χ4n) is 3.41. The number of hydrogen-bond donors (Lipinski definition) is 1. The highest BCUT2D eigenvalue weighted by Crippen LogP contribution is 2.21. The summed E-state index contributed by atoms with van der Waals surface area (Å²) in [5.41, 5.74) is 3.32. The lowest BCUT2D eigenvalue weighted by atomic mass is 10.1. The molecule has 30 heavy (non-hydrogen) atoms. The first kappa shape index (κ1) is 19.4. The van der Waals surface area contributed by atoms with E-state index >= 15 is 0 Å². The average molecular weight is 398 g/mol. The summed E-state index contributed by atoms with van der Waals surface area (Å²) in [6, 6.07) is 22.4. The first-order valence-corrected chi connectivity index (χ1v) is 9.79. The second-order valence-corrected chi connectivity index (χ2v) is 6.90. The summed E-state index contributed by atoms with van der Waals surface area (Å²) >= 11 is 0. The lowest BCUT2D eigenvalue weighted by Crippen LogP contribution is -2.28. The smallest absolute Gasteiger partial charge is 0.294 e. The number of aromatic nitrogens is 2. The molecule has 0 radical (unpaired) electrons. The number of aryl methyl sites for hydroxylation is 1. The largest absolute Gasteiger partial charge is 0.320 e. The number of pyridine rings is 1. The molecular formula is C24H22N4O2. The van der Waals surface area contributed by atoms with Gasteiger partial charge >= 0.3 is 0 Å². The van der Waals surface area contributed by atoms with E-state index in [-0.39, 0.29) is 23.3 Å². The number of rotatable bonds is 5. The highest BCUT2D eigenvalue weighted by atomic mass is 16.2. The van der Waals surface area contributed by atoms with E-state index in [1.165, 1.54) is 4.90 Å². The fourth-order valence-corrected chi connectivity index (χ4v) is 3.41. The van der Waals surface area contributed by atoms with Gasteiger partial charge in [0.25, 0.3) is 11.8 Å². The zero-order chi connectivity index (χ0) is 21.1. The highest BCUT2D eigenvalue weighted by molar-refractivity contribution is 6.10. The summed E-state index contributed by atoms with van der Waals surface area (Å²) in [5, 5.41) is 2.94. The molecule has 2 aromatic carbocycles. The van der Waals surface area contributed by atoms with Crippen molar-refractivity contribution < 1.29 is 9.59 Å². The first-order valence-electron chi connectivity index (χ1n) is 9.79. The summed E-state index contributed by atoms with van der Waals surface area (Å²) in [6.07, 6.45) is 2.54. The molecule has 150 valence electrons. The van der Waals surface area contributed by atoms with E-state index in [0.29, 0.717) is 5.52 Å². The molecule has 2 aromatic heterocycles. The van der Waals surface area contributed by atoms with Gasteiger partial charge in [-0.25, -0.2) is 4.98 Å². The van der Waals surface area contributed by atoms with Crippen molar-refractivity contribution in [1.82, 2.24) is 9.38 Å². The molecule has 2 amide bonds. The van der Waals surface area contributed by atoms with Gasteiger partial charge in [-0.3, -0.25) is 14.0 Å². The number of carbonyl (C=O) groups excluding carboxylic acids is 2. The molecule has 0 bridgehead atoms. The Labute approximate surface area is 174 Å². The van der Waals surface area contributed by atoms with Crippen molar-refractivity contribution in [2.24, 2.45) is 0 Å². The van der Waals surface area contributed by atoms with Crippen LogP contribution in [0.2, 0.25) is 0 Å². The van der Waals surface area contributed by atoms with Gasteiger partial charge in [-0.1, -0.05) is 49.4 Å². The molecule has 0 aliphatic rings. The third-order valence-corrected chi connectivity index (χ3v) is 5.05. The molecule has 0 saturated carbocycles. The van der Waals surface area contributed by atoms with Crippen molar-refractivity contribution >= 4 is 28.7 Å². The minimum absolute atomic E-state index is 0.186. The van der Waals surface area contributed by atoms with E-state index in [9.17, 15) is 9.59 Å². The number of amides is 2. The highest BCUT2D eigenvalue weighted by Gasteiger charge is 2.24. The number of anilines is 2. The average Bonchev–Trinajstić information content (AvgIpc) is 3.19. The molecule has 0 aliphatic carbocycles. The molecule has 0 spiro atoms. The molecule has 0 fully saturated rings. The van der Waals surface area contributed by atoms with Crippen molar-refractivity contribution in [1.29, 1.82) is 0 Å². The minimum atomic E-state index is -0.346. The normalized spacial score (nSPS) is 10.7. The summed E-state index contributed by atoms with van der Waals surface area (Å²) in [4.78, 5) is 32.2. The van der Waals surface area contributed by atoms with Gasteiger partial charge in [0.15, 0.2) is 5.69 Å². The molecule has 0 atom stereocenters. The Balaban J connectivity index is 1.72. The van der Waals surface area contributed by atoms with Crippen LogP contribution in [0.5, 0.6) is 0 Å². The van der Waals surface area contributed by atoms with Crippen molar-refractivity contribution in [3.63, 3.8) is 0 Å². The number of hydrogen-bond acceptors (Lipinski definition) is 3. The zero-order valence-electron chi connectivity index (χ0n) is 16.9. The van der Waals surface area contributed by atoms with Gasteiger partial charge in [-0.05, 0) is 42.3 Å². The van der Waals surface area contributed by atoms with Gasteiger partial charge in [0, 0.05) is 24.6 Å². The summed E-state index contributed by atoms with van der Waals surface area (Å²) in [5.74, 6) is -0.456. The molecule has 0 unspecified atom stereocenters. The van der Waals surface area contributed by atoms with E-state index in [2.05, 4.69) is 10.3 Å². The lowest BCUT2D eigenvalue weighted by Gasteiger charge is -2.16. The van der Waals surface area contributed by atoms with Crippen LogP contribution in [0.25, 0.3) is 5.52 Å². The number of fused-ring (bicyclic) bond motifs is 1. The Bertz CT molecular complexity index is 1210. The standard InChI is InChI=1S/C24H22N4O2/c1-3-17-11-7-8-14-19(17)25-23(29)21-20-15-9-10-16-28(20)22(26-21)24(30)27(2)18-12-5-4-6-13-18/h4-16H,3H2,1-2H3,(H,25,29). The van der Waals surface area contributed by atoms with Crippen LogP contribution >= 0.6 is 0 Å². The monoisotopic (exact) mass is 398 g/mol. The Morgan fingerprint density at radius 3 is 2.43 bits per heavy atom. The second-order valence-electron chi connectivity index (χ2n) is 6.90. The lowest BCUT2D eigenvalue weighted by molar-refractivity contribution is 0.0982. The summed E-state index contributed by atoms with van der Waals surface area (Å²) < 4.78 is 1.66. The molecule has 4 rings (SSSR count). The number of nitrogens with one attached hydrogen (secondary N) is 1. The van der Waals surface area contributed by atoms with Gasteiger partial charge < -0.3 is 10.2 Å². The molecule has 1 N–H and O–H groups in total. The van der Waals surface area contributed by atoms with Crippen LogP contribution in [0.1, 0.15) is 33.6 Å². The molecule has 2 heterocycles. The first-order chi connectivity index (χ1) is 14.6.